The fourth-order valence-electron chi connectivity index (χ4n) is 1.46. The van der Waals surface area contributed by atoms with Crippen LogP contribution in [0.4, 0.5) is 5.69 Å². The van der Waals surface area contributed by atoms with E-state index in [9.17, 15) is 0 Å². The van der Waals surface area contributed by atoms with Gasteiger partial charge in [0.15, 0.2) is 5.82 Å². The lowest BCUT2D eigenvalue weighted by atomic mass is 10.3. The van der Waals surface area contributed by atoms with Gasteiger partial charge in [0.1, 0.15) is 6.33 Å². The van der Waals surface area contributed by atoms with Gasteiger partial charge in [0.25, 0.3) is 0 Å². The van der Waals surface area contributed by atoms with Crippen molar-refractivity contribution in [3.05, 3.63) is 35.5 Å². The van der Waals surface area contributed by atoms with E-state index in [1.165, 1.54) is 0 Å². The first-order valence-electron chi connectivity index (χ1n) is 4.83. The Bertz CT molecular complexity index is 499. The highest BCUT2D eigenvalue weighted by Gasteiger charge is 2.08. The van der Waals surface area contributed by atoms with E-state index in [1.807, 2.05) is 37.5 Å². The Hall–Kier alpha value is -1.84. The SMILES string of the molecule is Cc1ccc(N)c(-n2cnc(C)c2C)n1. The van der Waals surface area contributed by atoms with Crippen molar-refractivity contribution in [2.24, 2.45) is 0 Å². The lowest BCUT2D eigenvalue weighted by Gasteiger charge is -2.08. The summed E-state index contributed by atoms with van der Waals surface area (Å²) in [6.45, 7) is 5.92. The molecule has 2 rings (SSSR count). The number of rotatable bonds is 1. The number of aromatic nitrogens is 3. The molecule has 2 N–H and O–H groups in total. The van der Waals surface area contributed by atoms with Crippen LogP contribution >= 0.6 is 0 Å². The van der Waals surface area contributed by atoms with Crippen LogP contribution < -0.4 is 5.73 Å². The molecule has 0 fully saturated rings. The fourth-order valence-corrected chi connectivity index (χ4v) is 1.46. The maximum atomic E-state index is 5.89. The Morgan fingerprint density at radius 3 is 2.53 bits per heavy atom. The number of aryl methyl sites for hydroxylation is 2. The second-order valence-electron chi connectivity index (χ2n) is 3.65. The molecule has 0 saturated carbocycles. The van der Waals surface area contributed by atoms with Crippen molar-refractivity contribution in [1.29, 1.82) is 0 Å². The Labute approximate surface area is 88.8 Å². The highest BCUT2D eigenvalue weighted by atomic mass is 15.1. The van der Waals surface area contributed by atoms with Crippen LogP contribution in [-0.2, 0) is 0 Å². The largest absolute Gasteiger partial charge is 0.396 e. The number of hydrogen-bond donors (Lipinski definition) is 1. The Balaban J connectivity index is 2.63. The van der Waals surface area contributed by atoms with Crippen molar-refractivity contribution in [2.45, 2.75) is 20.8 Å². The number of anilines is 1. The summed E-state index contributed by atoms with van der Waals surface area (Å²) in [7, 11) is 0. The van der Waals surface area contributed by atoms with Gasteiger partial charge < -0.3 is 5.73 Å². The van der Waals surface area contributed by atoms with Crippen LogP contribution in [0.25, 0.3) is 5.82 Å². The molecule has 2 aromatic heterocycles. The van der Waals surface area contributed by atoms with Crippen molar-refractivity contribution in [3.8, 4) is 5.82 Å². The first kappa shape index (κ1) is 9.71. The van der Waals surface area contributed by atoms with E-state index in [0.29, 0.717) is 5.69 Å². The maximum absolute atomic E-state index is 5.89. The zero-order valence-electron chi connectivity index (χ0n) is 9.15. The summed E-state index contributed by atoms with van der Waals surface area (Å²) in [5.41, 5.74) is 9.57. The van der Waals surface area contributed by atoms with E-state index >= 15 is 0 Å². The topological polar surface area (TPSA) is 56.7 Å². The van der Waals surface area contributed by atoms with Gasteiger partial charge in [0.2, 0.25) is 0 Å². The van der Waals surface area contributed by atoms with Gasteiger partial charge in [-0.3, -0.25) is 4.57 Å². The van der Waals surface area contributed by atoms with Gasteiger partial charge in [-0.05, 0) is 32.9 Å². The Kier molecular flexibility index (Phi) is 2.19. The molecule has 0 aromatic carbocycles. The van der Waals surface area contributed by atoms with Crippen LogP contribution in [0.15, 0.2) is 18.5 Å². The summed E-state index contributed by atoms with van der Waals surface area (Å²) in [4.78, 5) is 8.65. The number of pyridine rings is 1. The van der Waals surface area contributed by atoms with Crippen LogP contribution in [0.2, 0.25) is 0 Å². The molecule has 4 heteroatoms. The van der Waals surface area contributed by atoms with Crippen molar-refractivity contribution in [1.82, 2.24) is 14.5 Å². The lowest BCUT2D eigenvalue weighted by molar-refractivity contribution is 0.942. The van der Waals surface area contributed by atoms with E-state index < -0.39 is 0 Å². The highest BCUT2D eigenvalue weighted by molar-refractivity contribution is 5.54. The Morgan fingerprint density at radius 2 is 1.93 bits per heavy atom. The quantitative estimate of drug-likeness (QED) is 0.766. The number of hydrogen-bond acceptors (Lipinski definition) is 3. The van der Waals surface area contributed by atoms with E-state index in [1.54, 1.807) is 6.33 Å². The third kappa shape index (κ3) is 1.58. The number of nitrogens with zero attached hydrogens (tertiary/aromatic N) is 3. The Morgan fingerprint density at radius 1 is 1.20 bits per heavy atom. The second kappa shape index (κ2) is 3.38. The fraction of sp³-hybridized carbons (Fsp3) is 0.273. The molecule has 4 nitrogen and oxygen atoms in total. The number of imidazole rings is 1. The summed E-state index contributed by atoms with van der Waals surface area (Å²) in [5.74, 6) is 0.758. The molecule has 2 aromatic rings. The summed E-state index contributed by atoms with van der Waals surface area (Å²) in [6.07, 6.45) is 1.75. The van der Waals surface area contributed by atoms with Gasteiger partial charge in [-0.25, -0.2) is 9.97 Å². The van der Waals surface area contributed by atoms with Crippen molar-refractivity contribution in [3.63, 3.8) is 0 Å². The molecular formula is C11H14N4. The molecule has 0 aliphatic rings. The predicted octanol–water partition coefficient (Wildman–Crippen LogP) is 1.77. The molecule has 0 spiro atoms. The molecule has 0 unspecified atom stereocenters. The van der Waals surface area contributed by atoms with Crippen molar-refractivity contribution >= 4 is 5.69 Å². The number of nitrogens with two attached hydrogens (primary N) is 1. The molecule has 0 atom stereocenters. The smallest absolute Gasteiger partial charge is 0.161 e. The van der Waals surface area contributed by atoms with E-state index in [0.717, 1.165) is 22.9 Å². The summed E-state index contributed by atoms with van der Waals surface area (Å²) >= 11 is 0. The molecular weight excluding hydrogens is 188 g/mol. The standard InChI is InChI=1S/C11H14N4/c1-7-4-5-10(12)11(14-7)15-6-13-8(2)9(15)3/h4-6H,12H2,1-3H3. The minimum Gasteiger partial charge on any atom is -0.396 e. The predicted molar refractivity (Wildman–Crippen MR) is 60.0 cm³/mol. The molecule has 15 heavy (non-hydrogen) atoms. The highest BCUT2D eigenvalue weighted by Crippen LogP contribution is 2.18. The van der Waals surface area contributed by atoms with Crippen LogP contribution in [0.5, 0.6) is 0 Å². The van der Waals surface area contributed by atoms with Gasteiger partial charge in [0, 0.05) is 11.4 Å². The van der Waals surface area contributed by atoms with Crippen LogP contribution in [0.1, 0.15) is 17.1 Å². The first-order valence-corrected chi connectivity index (χ1v) is 4.83. The third-order valence-electron chi connectivity index (χ3n) is 2.52. The molecule has 0 aliphatic carbocycles. The molecule has 78 valence electrons. The molecule has 0 saturated heterocycles. The van der Waals surface area contributed by atoms with Crippen LogP contribution in [-0.4, -0.2) is 14.5 Å². The minimum absolute atomic E-state index is 0.668. The van der Waals surface area contributed by atoms with Gasteiger partial charge >= 0.3 is 0 Å². The minimum atomic E-state index is 0.668. The maximum Gasteiger partial charge on any atom is 0.161 e. The monoisotopic (exact) mass is 202 g/mol. The van der Waals surface area contributed by atoms with Crippen molar-refractivity contribution < 1.29 is 0 Å². The summed E-state index contributed by atoms with van der Waals surface area (Å²) in [6, 6.07) is 3.77. The van der Waals surface area contributed by atoms with Gasteiger partial charge in [0.05, 0.1) is 11.4 Å². The number of nitrogen functional groups attached to an aromatic ring is 1. The van der Waals surface area contributed by atoms with Crippen molar-refractivity contribution in [2.75, 3.05) is 5.73 Å². The van der Waals surface area contributed by atoms with E-state index in [4.69, 9.17) is 5.73 Å². The van der Waals surface area contributed by atoms with Gasteiger partial charge in [-0.15, -0.1) is 0 Å². The summed E-state index contributed by atoms with van der Waals surface area (Å²) in [5, 5.41) is 0. The second-order valence-corrected chi connectivity index (χ2v) is 3.65. The van der Waals surface area contributed by atoms with Gasteiger partial charge in [-0.2, -0.15) is 0 Å². The average molecular weight is 202 g/mol. The lowest BCUT2D eigenvalue weighted by Crippen LogP contribution is -2.04. The van der Waals surface area contributed by atoms with Gasteiger partial charge in [-0.1, -0.05) is 0 Å². The van der Waals surface area contributed by atoms with E-state index in [-0.39, 0.29) is 0 Å². The molecule has 0 radical (unpaired) electrons. The molecule has 0 bridgehead atoms. The summed E-state index contributed by atoms with van der Waals surface area (Å²) < 4.78 is 1.91. The molecule has 2 heterocycles. The van der Waals surface area contributed by atoms with Crippen LogP contribution in [0, 0.1) is 20.8 Å². The first-order chi connectivity index (χ1) is 7.09. The normalized spacial score (nSPS) is 10.6. The van der Waals surface area contributed by atoms with E-state index in [2.05, 4.69) is 9.97 Å². The molecule has 0 aliphatic heterocycles. The molecule has 0 amide bonds. The zero-order chi connectivity index (χ0) is 11.0. The average Bonchev–Trinajstić information content (AvgIpc) is 2.52. The third-order valence-corrected chi connectivity index (χ3v) is 2.52. The zero-order valence-corrected chi connectivity index (χ0v) is 9.15. The van der Waals surface area contributed by atoms with Crippen LogP contribution in [0.3, 0.4) is 0 Å².